The molecule has 0 saturated carbocycles. The molecule has 0 aliphatic heterocycles. The molecule has 2 heteroatoms. The second-order valence-corrected chi connectivity index (χ2v) is 2.87. The van der Waals surface area contributed by atoms with Crippen LogP contribution in [0.1, 0.15) is 27.2 Å². The Morgan fingerprint density at radius 1 is 1.44 bits per heavy atom. The summed E-state index contributed by atoms with van der Waals surface area (Å²) >= 11 is 0. The van der Waals surface area contributed by atoms with Crippen LogP contribution < -0.4 is 0 Å². The van der Waals surface area contributed by atoms with E-state index < -0.39 is 0 Å². The van der Waals surface area contributed by atoms with E-state index in [1.807, 2.05) is 0 Å². The van der Waals surface area contributed by atoms with Crippen LogP contribution in [0.5, 0.6) is 0 Å². The third-order valence-corrected chi connectivity index (χ3v) is 1.13. The number of rotatable bonds is 4. The van der Waals surface area contributed by atoms with Gasteiger partial charge in [0.25, 0.3) is 0 Å². The Bertz CT molecular complexity index is 63.9. The monoisotopic (exact) mass is 126 g/mol. The van der Waals surface area contributed by atoms with Gasteiger partial charge >= 0.3 is 0 Å². The molecule has 0 unspecified atom stereocenters. The first kappa shape index (κ1) is 9.02. The van der Waals surface area contributed by atoms with Crippen molar-refractivity contribution in [2.75, 3.05) is 13.6 Å². The highest BCUT2D eigenvalue weighted by Gasteiger charge is 2.01. The lowest BCUT2D eigenvalue weighted by molar-refractivity contribution is 0.521. The van der Waals surface area contributed by atoms with Crippen molar-refractivity contribution in [3.63, 3.8) is 0 Å². The Labute approximate surface area is 59.7 Å². The van der Waals surface area contributed by atoms with Gasteiger partial charge in [0.2, 0.25) is 7.41 Å². The molecule has 0 bridgehead atoms. The van der Waals surface area contributed by atoms with Crippen LogP contribution in [-0.4, -0.2) is 25.8 Å². The zero-order chi connectivity index (χ0) is 7.28. The lowest BCUT2D eigenvalue weighted by Crippen LogP contribution is -2.25. The van der Waals surface area contributed by atoms with Crippen molar-refractivity contribution in [3.8, 4) is 0 Å². The first-order valence-electron chi connectivity index (χ1n) is 3.72. The van der Waals surface area contributed by atoms with Crippen LogP contribution in [0, 0.1) is 0 Å². The highest BCUT2D eigenvalue weighted by molar-refractivity contribution is 6.33. The van der Waals surface area contributed by atoms with E-state index in [1.165, 1.54) is 13.0 Å². The van der Waals surface area contributed by atoms with Gasteiger partial charge in [-0.1, -0.05) is 26.6 Å². The van der Waals surface area contributed by atoms with Crippen LogP contribution in [0.3, 0.4) is 0 Å². The number of hydrogen-bond donors (Lipinski definition) is 0. The summed E-state index contributed by atoms with van der Waals surface area (Å²) < 4.78 is 0. The smallest absolute Gasteiger partial charge is 0.210 e. The van der Waals surface area contributed by atoms with Gasteiger partial charge in [0.05, 0.1) is 0 Å². The molecular weight excluding hydrogens is 109 g/mol. The SMILES string of the molecule is CCCN(C)[B]C(C)C. The molecule has 0 atom stereocenters. The highest BCUT2D eigenvalue weighted by Crippen LogP contribution is 1.98. The predicted octanol–water partition coefficient (Wildman–Crippen LogP) is 1.78. The van der Waals surface area contributed by atoms with Crippen molar-refractivity contribution in [2.45, 2.75) is 33.0 Å². The van der Waals surface area contributed by atoms with Gasteiger partial charge in [0, 0.05) is 0 Å². The molecule has 9 heavy (non-hydrogen) atoms. The van der Waals surface area contributed by atoms with Crippen molar-refractivity contribution in [1.29, 1.82) is 0 Å². The fourth-order valence-electron chi connectivity index (χ4n) is 0.936. The van der Waals surface area contributed by atoms with Crippen LogP contribution in [-0.2, 0) is 0 Å². The first-order chi connectivity index (χ1) is 4.16. The normalized spacial score (nSPS) is 10.9. The second kappa shape index (κ2) is 4.86. The molecule has 0 spiro atoms. The molecule has 0 rings (SSSR count). The van der Waals surface area contributed by atoms with Crippen LogP contribution in [0.25, 0.3) is 0 Å². The zero-order valence-electron chi connectivity index (χ0n) is 7.02. The molecule has 0 aliphatic rings. The van der Waals surface area contributed by atoms with Crippen molar-refractivity contribution >= 4 is 7.41 Å². The summed E-state index contributed by atoms with van der Waals surface area (Å²) in [5.41, 5.74) is 0. The maximum Gasteiger partial charge on any atom is 0.210 e. The lowest BCUT2D eigenvalue weighted by atomic mass is 9.76. The molecule has 0 aromatic carbocycles. The van der Waals surface area contributed by atoms with Crippen LogP contribution in [0.4, 0.5) is 0 Å². The fourth-order valence-corrected chi connectivity index (χ4v) is 0.936. The van der Waals surface area contributed by atoms with Gasteiger partial charge in [0.1, 0.15) is 0 Å². The topological polar surface area (TPSA) is 3.24 Å². The van der Waals surface area contributed by atoms with Crippen LogP contribution in [0.15, 0.2) is 0 Å². The maximum absolute atomic E-state index is 2.25. The van der Waals surface area contributed by atoms with Gasteiger partial charge < -0.3 is 4.81 Å². The number of nitrogens with zero attached hydrogens (tertiary/aromatic N) is 1. The summed E-state index contributed by atoms with van der Waals surface area (Å²) in [6.45, 7) is 7.78. The predicted molar refractivity (Wildman–Crippen MR) is 43.8 cm³/mol. The van der Waals surface area contributed by atoms with Crippen molar-refractivity contribution < 1.29 is 0 Å². The van der Waals surface area contributed by atoms with E-state index in [4.69, 9.17) is 0 Å². The Morgan fingerprint density at radius 2 is 2.00 bits per heavy atom. The fraction of sp³-hybridized carbons (Fsp3) is 1.00. The molecule has 0 saturated heterocycles. The van der Waals surface area contributed by atoms with Gasteiger partial charge in [-0.05, 0) is 20.0 Å². The van der Waals surface area contributed by atoms with Crippen LogP contribution >= 0.6 is 0 Å². The zero-order valence-corrected chi connectivity index (χ0v) is 7.02. The molecule has 0 amide bonds. The molecule has 0 aromatic rings. The largest absolute Gasteiger partial charge is 0.349 e. The third-order valence-electron chi connectivity index (χ3n) is 1.13. The van der Waals surface area contributed by atoms with E-state index >= 15 is 0 Å². The summed E-state index contributed by atoms with van der Waals surface area (Å²) in [6.07, 6.45) is 1.24. The quantitative estimate of drug-likeness (QED) is 0.519. The first-order valence-corrected chi connectivity index (χ1v) is 3.72. The summed E-state index contributed by atoms with van der Waals surface area (Å²) in [6, 6.07) is 0. The van der Waals surface area contributed by atoms with E-state index in [-0.39, 0.29) is 0 Å². The molecule has 0 heterocycles. The van der Waals surface area contributed by atoms with E-state index in [0.29, 0.717) is 5.82 Å². The van der Waals surface area contributed by atoms with Gasteiger partial charge in [-0.25, -0.2) is 0 Å². The molecule has 53 valence electrons. The summed E-state index contributed by atoms with van der Waals surface area (Å²) in [4.78, 5) is 2.25. The minimum absolute atomic E-state index is 0.682. The van der Waals surface area contributed by atoms with E-state index in [9.17, 15) is 0 Å². The second-order valence-electron chi connectivity index (χ2n) is 2.87. The van der Waals surface area contributed by atoms with Gasteiger partial charge in [0.15, 0.2) is 0 Å². The average Bonchev–Trinajstić information content (AvgIpc) is 1.63. The molecule has 1 radical (unpaired) electrons. The van der Waals surface area contributed by atoms with E-state index in [2.05, 4.69) is 40.0 Å². The molecule has 0 aromatic heterocycles. The van der Waals surface area contributed by atoms with Gasteiger partial charge in [-0.2, -0.15) is 0 Å². The summed E-state index contributed by atoms with van der Waals surface area (Å²) in [7, 11) is 4.38. The van der Waals surface area contributed by atoms with Gasteiger partial charge in [-0.15, -0.1) is 0 Å². The Morgan fingerprint density at radius 3 is 2.33 bits per heavy atom. The molecule has 0 fully saturated rings. The average molecular weight is 126 g/mol. The third kappa shape index (κ3) is 5.90. The maximum atomic E-state index is 2.25. The highest BCUT2D eigenvalue weighted by atomic mass is 15.0. The Kier molecular flexibility index (Phi) is 4.88. The Hall–Kier alpha value is 0.0249. The lowest BCUT2D eigenvalue weighted by Gasteiger charge is -2.15. The summed E-state index contributed by atoms with van der Waals surface area (Å²) in [5.74, 6) is 0.682. The Balaban J connectivity index is 3.15. The van der Waals surface area contributed by atoms with Gasteiger partial charge in [-0.3, -0.25) is 0 Å². The molecule has 0 aliphatic carbocycles. The minimum Gasteiger partial charge on any atom is -0.349 e. The molecular formula is C7H17BN. The number of hydrogen-bond acceptors (Lipinski definition) is 1. The van der Waals surface area contributed by atoms with E-state index in [0.717, 1.165) is 0 Å². The van der Waals surface area contributed by atoms with Crippen molar-refractivity contribution in [1.82, 2.24) is 4.81 Å². The van der Waals surface area contributed by atoms with E-state index in [1.54, 1.807) is 0 Å². The molecule has 1 nitrogen and oxygen atoms in total. The minimum atomic E-state index is 0.682. The van der Waals surface area contributed by atoms with Crippen molar-refractivity contribution in [3.05, 3.63) is 0 Å². The molecule has 0 N–H and O–H groups in total. The van der Waals surface area contributed by atoms with Crippen molar-refractivity contribution in [2.24, 2.45) is 0 Å². The standard InChI is InChI=1S/C7H17BN/c1-5-6-9(4)8-7(2)3/h7H,5-6H2,1-4H3. The summed E-state index contributed by atoms with van der Waals surface area (Å²) in [5, 5.41) is 0. The van der Waals surface area contributed by atoms with Crippen LogP contribution in [0.2, 0.25) is 5.82 Å².